The largest absolute Gasteiger partial charge is 0.355 e. The van der Waals surface area contributed by atoms with Crippen molar-refractivity contribution in [2.75, 3.05) is 13.1 Å². The Balaban J connectivity index is 2.42. The standard InChI is InChI=1S/C13H28N4/c1-3-5-10-15-12(17-14)16-11-13(4-2)8-6-7-9-13/h3-11,14H2,1-2H3,(H2,15,16,17). The minimum absolute atomic E-state index is 0.439. The van der Waals surface area contributed by atoms with E-state index in [1.54, 1.807) is 0 Å². The Morgan fingerprint density at radius 1 is 1.29 bits per heavy atom. The maximum atomic E-state index is 5.48. The van der Waals surface area contributed by atoms with Crippen LogP contribution in [0.15, 0.2) is 4.99 Å². The average molecular weight is 240 g/mol. The second-order valence-corrected chi connectivity index (χ2v) is 5.15. The quantitative estimate of drug-likeness (QED) is 0.219. The van der Waals surface area contributed by atoms with Crippen LogP contribution in [0.1, 0.15) is 58.8 Å². The van der Waals surface area contributed by atoms with Crippen LogP contribution in [0.5, 0.6) is 0 Å². The molecule has 0 aromatic heterocycles. The van der Waals surface area contributed by atoms with Crippen molar-refractivity contribution in [3.05, 3.63) is 0 Å². The molecule has 0 spiro atoms. The van der Waals surface area contributed by atoms with E-state index in [-0.39, 0.29) is 0 Å². The molecule has 4 N–H and O–H groups in total. The number of nitrogens with zero attached hydrogens (tertiary/aromatic N) is 1. The average Bonchev–Trinajstić information content (AvgIpc) is 2.83. The molecule has 0 atom stereocenters. The zero-order valence-corrected chi connectivity index (χ0v) is 11.4. The summed E-state index contributed by atoms with van der Waals surface area (Å²) >= 11 is 0. The van der Waals surface area contributed by atoms with Gasteiger partial charge in [0, 0.05) is 13.1 Å². The summed E-state index contributed by atoms with van der Waals surface area (Å²) in [4.78, 5) is 4.61. The molecule has 0 radical (unpaired) electrons. The van der Waals surface area contributed by atoms with E-state index in [4.69, 9.17) is 5.84 Å². The molecule has 0 aromatic carbocycles. The molecular weight excluding hydrogens is 212 g/mol. The van der Waals surface area contributed by atoms with E-state index < -0.39 is 0 Å². The molecule has 1 saturated carbocycles. The van der Waals surface area contributed by atoms with E-state index >= 15 is 0 Å². The van der Waals surface area contributed by atoms with Crippen LogP contribution in [0.25, 0.3) is 0 Å². The van der Waals surface area contributed by atoms with Gasteiger partial charge in [-0.25, -0.2) is 5.84 Å². The van der Waals surface area contributed by atoms with Gasteiger partial charge in [0.15, 0.2) is 0 Å². The third-order valence-corrected chi connectivity index (χ3v) is 3.95. The SMILES string of the molecule is CCCCNC(=NCC1(CC)CCCC1)NN. The molecule has 0 bridgehead atoms. The van der Waals surface area contributed by atoms with Crippen LogP contribution in [0.4, 0.5) is 0 Å². The number of nitrogens with two attached hydrogens (primary N) is 1. The summed E-state index contributed by atoms with van der Waals surface area (Å²) in [5.41, 5.74) is 3.10. The van der Waals surface area contributed by atoms with Crippen molar-refractivity contribution in [2.24, 2.45) is 16.3 Å². The first-order valence-electron chi connectivity index (χ1n) is 7.01. The van der Waals surface area contributed by atoms with Gasteiger partial charge in [0.05, 0.1) is 0 Å². The third kappa shape index (κ3) is 4.54. The lowest BCUT2D eigenvalue weighted by molar-refractivity contribution is 0.297. The number of hydrazine groups is 1. The number of nitrogens with one attached hydrogen (secondary N) is 2. The predicted molar refractivity (Wildman–Crippen MR) is 73.7 cm³/mol. The van der Waals surface area contributed by atoms with E-state index in [9.17, 15) is 0 Å². The third-order valence-electron chi connectivity index (χ3n) is 3.95. The molecule has 0 unspecified atom stereocenters. The number of unbranched alkanes of at least 4 members (excludes halogenated alkanes) is 1. The molecule has 0 saturated heterocycles. The molecule has 17 heavy (non-hydrogen) atoms. The van der Waals surface area contributed by atoms with Crippen molar-refractivity contribution in [3.63, 3.8) is 0 Å². The van der Waals surface area contributed by atoms with Crippen LogP contribution in [-0.2, 0) is 0 Å². The fourth-order valence-electron chi connectivity index (χ4n) is 2.53. The molecular formula is C13H28N4. The molecule has 0 aliphatic heterocycles. The Morgan fingerprint density at radius 3 is 2.53 bits per heavy atom. The molecule has 0 aromatic rings. The summed E-state index contributed by atoms with van der Waals surface area (Å²) in [6.07, 6.45) is 8.92. The summed E-state index contributed by atoms with van der Waals surface area (Å²) in [5.74, 6) is 6.23. The first-order chi connectivity index (χ1) is 8.26. The van der Waals surface area contributed by atoms with Crippen molar-refractivity contribution < 1.29 is 0 Å². The first-order valence-corrected chi connectivity index (χ1v) is 7.01. The Morgan fingerprint density at radius 2 is 2.00 bits per heavy atom. The summed E-state index contributed by atoms with van der Waals surface area (Å²) in [7, 11) is 0. The molecule has 0 amide bonds. The Hall–Kier alpha value is -0.770. The van der Waals surface area contributed by atoms with Gasteiger partial charge < -0.3 is 5.32 Å². The van der Waals surface area contributed by atoms with E-state index in [1.807, 2.05) is 0 Å². The maximum Gasteiger partial charge on any atom is 0.205 e. The van der Waals surface area contributed by atoms with Gasteiger partial charge >= 0.3 is 0 Å². The van der Waals surface area contributed by atoms with Gasteiger partial charge in [-0.1, -0.05) is 33.1 Å². The van der Waals surface area contributed by atoms with E-state index in [1.165, 1.54) is 38.5 Å². The van der Waals surface area contributed by atoms with Crippen LogP contribution in [0, 0.1) is 5.41 Å². The predicted octanol–water partition coefficient (Wildman–Crippen LogP) is 2.17. The minimum atomic E-state index is 0.439. The lowest BCUT2D eigenvalue weighted by Crippen LogP contribution is -2.42. The highest BCUT2D eigenvalue weighted by molar-refractivity contribution is 5.79. The highest BCUT2D eigenvalue weighted by Gasteiger charge is 2.31. The lowest BCUT2D eigenvalue weighted by atomic mass is 9.84. The number of guanidine groups is 1. The van der Waals surface area contributed by atoms with Crippen LogP contribution in [0.2, 0.25) is 0 Å². The van der Waals surface area contributed by atoms with Crippen molar-refractivity contribution in [1.82, 2.24) is 10.7 Å². The highest BCUT2D eigenvalue weighted by Crippen LogP contribution is 2.41. The van der Waals surface area contributed by atoms with Crippen molar-refractivity contribution in [1.29, 1.82) is 0 Å². The van der Waals surface area contributed by atoms with Gasteiger partial charge in [-0.3, -0.25) is 10.4 Å². The van der Waals surface area contributed by atoms with Crippen LogP contribution in [0.3, 0.4) is 0 Å². The molecule has 1 rings (SSSR count). The second-order valence-electron chi connectivity index (χ2n) is 5.15. The number of aliphatic imine (C=N–C) groups is 1. The van der Waals surface area contributed by atoms with E-state index in [0.717, 1.165) is 25.5 Å². The normalized spacial score (nSPS) is 19.4. The van der Waals surface area contributed by atoms with E-state index in [2.05, 4.69) is 29.6 Å². The number of hydrogen-bond donors (Lipinski definition) is 3. The summed E-state index contributed by atoms with van der Waals surface area (Å²) in [5, 5.41) is 3.25. The fraction of sp³-hybridized carbons (Fsp3) is 0.923. The van der Waals surface area contributed by atoms with Crippen molar-refractivity contribution in [3.8, 4) is 0 Å². The lowest BCUT2D eigenvalue weighted by Gasteiger charge is -2.25. The van der Waals surface area contributed by atoms with Gasteiger partial charge in [0.2, 0.25) is 5.96 Å². The van der Waals surface area contributed by atoms with E-state index in [0.29, 0.717) is 5.41 Å². The van der Waals surface area contributed by atoms with Gasteiger partial charge in [0.1, 0.15) is 0 Å². The zero-order chi connectivity index (χ0) is 12.6. The molecule has 1 fully saturated rings. The highest BCUT2D eigenvalue weighted by atomic mass is 15.3. The summed E-state index contributed by atoms with van der Waals surface area (Å²) in [6.45, 7) is 6.31. The smallest absolute Gasteiger partial charge is 0.205 e. The Kier molecular flexibility index (Phi) is 6.34. The number of rotatable bonds is 6. The van der Waals surface area contributed by atoms with Gasteiger partial charge in [-0.05, 0) is 31.1 Å². The maximum absolute atomic E-state index is 5.48. The minimum Gasteiger partial charge on any atom is -0.355 e. The molecule has 4 heteroatoms. The van der Waals surface area contributed by atoms with Crippen LogP contribution < -0.4 is 16.6 Å². The Labute approximate surface area is 105 Å². The number of hydrogen-bond acceptors (Lipinski definition) is 2. The molecule has 1 aliphatic carbocycles. The molecule has 0 heterocycles. The van der Waals surface area contributed by atoms with Gasteiger partial charge in [0.25, 0.3) is 0 Å². The van der Waals surface area contributed by atoms with Crippen molar-refractivity contribution >= 4 is 5.96 Å². The van der Waals surface area contributed by atoms with Gasteiger partial charge in [-0.15, -0.1) is 0 Å². The molecule has 4 nitrogen and oxygen atoms in total. The van der Waals surface area contributed by atoms with Crippen LogP contribution >= 0.6 is 0 Å². The molecule has 100 valence electrons. The second kappa shape index (κ2) is 7.54. The molecule has 1 aliphatic rings. The summed E-state index contributed by atoms with van der Waals surface area (Å²) in [6, 6.07) is 0. The van der Waals surface area contributed by atoms with Crippen LogP contribution in [-0.4, -0.2) is 19.0 Å². The topological polar surface area (TPSA) is 62.4 Å². The zero-order valence-electron chi connectivity index (χ0n) is 11.4. The monoisotopic (exact) mass is 240 g/mol. The van der Waals surface area contributed by atoms with Gasteiger partial charge in [-0.2, -0.15) is 0 Å². The first kappa shape index (κ1) is 14.3. The Bertz CT molecular complexity index is 232. The summed E-state index contributed by atoms with van der Waals surface area (Å²) < 4.78 is 0. The van der Waals surface area contributed by atoms with Crippen molar-refractivity contribution in [2.45, 2.75) is 58.8 Å². The fourth-order valence-corrected chi connectivity index (χ4v) is 2.53.